The highest BCUT2D eigenvalue weighted by Crippen LogP contribution is 2.16. The third kappa shape index (κ3) is 5.19. The number of pyridine rings is 1. The average Bonchev–Trinajstić information content (AvgIpc) is 2.51. The van der Waals surface area contributed by atoms with Gasteiger partial charge in [-0.2, -0.15) is 0 Å². The van der Waals surface area contributed by atoms with Crippen LogP contribution >= 0.6 is 15.9 Å². The van der Waals surface area contributed by atoms with Crippen LogP contribution in [-0.2, 0) is 13.0 Å². The van der Waals surface area contributed by atoms with Gasteiger partial charge in [-0.3, -0.25) is 4.98 Å². The zero-order valence-electron chi connectivity index (χ0n) is 11.8. The van der Waals surface area contributed by atoms with Crippen LogP contribution in [0.1, 0.15) is 24.5 Å². The summed E-state index contributed by atoms with van der Waals surface area (Å²) < 4.78 is 6.67. The fourth-order valence-corrected chi connectivity index (χ4v) is 2.24. The summed E-state index contributed by atoms with van der Waals surface area (Å²) >= 11 is 3.39. The third-order valence-corrected chi connectivity index (χ3v) is 3.47. The molecule has 5 heteroatoms. The Morgan fingerprint density at radius 3 is 2.67 bits per heavy atom. The van der Waals surface area contributed by atoms with Crippen LogP contribution in [0.5, 0.6) is 5.75 Å². The van der Waals surface area contributed by atoms with Gasteiger partial charge in [0.1, 0.15) is 12.4 Å². The Bertz CT molecular complexity index is 612. The smallest absolute Gasteiger partial charge is 0.119 e. The zero-order chi connectivity index (χ0) is 15.1. The van der Waals surface area contributed by atoms with Crippen molar-refractivity contribution in [3.63, 3.8) is 0 Å². The predicted octanol–water partition coefficient (Wildman–Crippen LogP) is 4.21. The fraction of sp³-hybridized carbons (Fsp3) is 0.250. The summed E-state index contributed by atoms with van der Waals surface area (Å²) in [7, 11) is 0. The first-order valence-electron chi connectivity index (χ1n) is 6.66. The first-order valence-corrected chi connectivity index (χ1v) is 7.45. The molecule has 1 N–H and O–H groups in total. The summed E-state index contributed by atoms with van der Waals surface area (Å²) in [6, 6.07) is 9.94. The lowest BCUT2D eigenvalue weighted by atomic mass is 10.1. The number of hydrogen-bond acceptors (Lipinski definition) is 4. The van der Waals surface area contributed by atoms with E-state index in [1.807, 2.05) is 37.3 Å². The van der Waals surface area contributed by atoms with Gasteiger partial charge in [0.2, 0.25) is 0 Å². The van der Waals surface area contributed by atoms with Crippen LogP contribution in [0, 0.1) is 0 Å². The van der Waals surface area contributed by atoms with Crippen molar-refractivity contribution in [2.24, 2.45) is 5.16 Å². The second-order valence-electron chi connectivity index (χ2n) is 4.78. The molecule has 110 valence electrons. The molecule has 2 aromatic rings. The number of halogens is 1. The Morgan fingerprint density at radius 1 is 1.24 bits per heavy atom. The third-order valence-electron chi connectivity index (χ3n) is 3.04. The highest BCUT2D eigenvalue weighted by atomic mass is 79.9. The lowest BCUT2D eigenvalue weighted by molar-refractivity contribution is 0.305. The van der Waals surface area contributed by atoms with Crippen LogP contribution in [0.2, 0.25) is 0 Å². The molecule has 1 aromatic carbocycles. The number of aryl methyl sites for hydroxylation is 1. The molecule has 0 spiro atoms. The molecule has 0 atom stereocenters. The van der Waals surface area contributed by atoms with E-state index in [4.69, 9.17) is 9.94 Å². The van der Waals surface area contributed by atoms with Crippen LogP contribution in [0.25, 0.3) is 0 Å². The summed E-state index contributed by atoms with van der Waals surface area (Å²) in [6.07, 6.45) is 5.14. The van der Waals surface area contributed by atoms with Crippen molar-refractivity contribution in [2.45, 2.75) is 26.4 Å². The van der Waals surface area contributed by atoms with Crippen molar-refractivity contribution in [2.75, 3.05) is 0 Å². The summed E-state index contributed by atoms with van der Waals surface area (Å²) in [5.74, 6) is 0.825. The van der Waals surface area contributed by atoms with Gasteiger partial charge in [-0.25, -0.2) is 0 Å². The molecule has 21 heavy (non-hydrogen) atoms. The summed E-state index contributed by atoms with van der Waals surface area (Å²) in [5.41, 5.74) is 2.94. The largest absolute Gasteiger partial charge is 0.489 e. The van der Waals surface area contributed by atoms with Crippen molar-refractivity contribution in [1.82, 2.24) is 4.98 Å². The molecule has 0 radical (unpaired) electrons. The van der Waals surface area contributed by atoms with E-state index >= 15 is 0 Å². The van der Waals surface area contributed by atoms with Crippen molar-refractivity contribution < 1.29 is 9.94 Å². The van der Waals surface area contributed by atoms with E-state index in [9.17, 15) is 0 Å². The number of nitrogens with zero attached hydrogens (tertiary/aromatic N) is 2. The second-order valence-corrected chi connectivity index (χ2v) is 5.69. The predicted molar refractivity (Wildman–Crippen MR) is 85.9 cm³/mol. The van der Waals surface area contributed by atoms with Crippen molar-refractivity contribution in [1.29, 1.82) is 0 Å². The van der Waals surface area contributed by atoms with Gasteiger partial charge in [-0.15, -0.1) is 0 Å². The number of hydrogen-bond donors (Lipinski definition) is 1. The van der Waals surface area contributed by atoms with E-state index < -0.39 is 0 Å². The van der Waals surface area contributed by atoms with E-state index in [1.165, 1.54) is 5.56 Å². The standard InChI is InChI=1S/C16H17BrN2O2/c1-12(19-20)2-3-13-4-6-16(7-5-13)21-11-14-8-15(17)10-18-9-14/h4-10,20H,2-3,11H2,1H3/b19-12-. The number of ether oxygens (including phenoxy) is 1. The second kappa shape index (κ2) is 7.78. The number of oxime groups is 1. The lowest BCUT2D eigenvalue weighted by Gasteiger charge is -2.07. The molecular formula is C16H17BrN2O2. The fourth-order valence-electron chi connectivity index (χ4n) is 1.83. The maximum absolute atomic E-state index is 8.61. The maximum atomic E-state index is 8.61. The molecule has 0 bridgehead atoms. The SMILES string of the molecule is C/C(CCc1ccc(OCc2cncc(Br)c2)cc1)=N/O. The number of rotatable bonds is 6. The molecule has 0 amide bonds. The molecule has 4 nitrogen and oxygen atoms in total. The maximum Gasteiger partial charge on any atom is 0.119 e. The molecule has 0 aliphatic carbocycles. The minimum absolute atomic E-state index is 0.488. The van der Waals surface area contributed by atoms with Crippen LogP contribution in [0.3, 0.4) is 0 Å². The van der Waals surface area contributed by atoms with Crippen molar-refractivity contribution >= 4 is 21.6 Å². The molecule has 0 fully saturated rings. The van der Waals surface area contributed by atoms with Crippen LogP contribution in [-0.4, -0.2) is 15.9 Å². The number of benzene rings is 1. The Labute approximate surface area is 132 Å². The topological polar surface area (TPSA) is 54.7 Å². The highest BCUT2D eigenvalue weighted by molar-refractivity contribution is 9.10. The number of aromatic nitrogens is 1. The Hall–Kier alpha value is -1.88. The normalized spacial score (nSPS) is 11.4. The summed E-state index contributed by atoms with van der Waals surface area (Å²) in [4.78, 5) is 4.10. The Kier molecular flexibility index (Phi) is 5.75. The summed E-state index contributed by atoms with van der Waals surface area (Å²) in [5, 5.41) is 11.8. The van der Waals surface area contributed by atoms with Gasteiger partial charge in [-0.1, -0.05) is 17.3 Å². The minimum Gasteiger partial charge on any atom is -0.489 e. The molecule has 0 unspecified atom stereocenters. The first-order chi connectivity index (χ1) is 10.2. The molecule has 2 rings (SSSR count). The zero-order valence-corrected chi connectivity index (χ0v) is 13.4. The molecule has 0 aliphatic heterocycles. The van der Waals surface area contributed by atoms with E-state index in [-0.39, 0.29) is 0 Å². The highest BCUT2D eigenvalue weighted by Gasteiger charge is 2.00. The minimum atomic E-state index is 0.488. The molecule has 0 saturated heterocycles. The molecule has 0 aliphatic rings. The molecule has 0 saturated carbocycles. The summed E-state index contributed by atoms with van der Waals surface area (Å²) in [6.45, 7) is 2.30. The van der Waals surface area contributed by atoms with E-state index in [0.29, 0.717) is 6.61 Å². The van der Waals surface area contributed by atoms with Gasteiger partial charge in [0.15, 0.2) is 0 Å². The van der Waals surface area contributed by atoms with Gasteiger partial charge in [0.05, 0.1) is 5.71 Å². The van der Waals surface area contributed by atoms with Gasteiger partial charge < -0.3 is 9.94 Å². The average molecular weight is 349 g/mol. The van der Waals surface area contributed by atoms with Gasteiger partial charge in [0, 0.05) is 22.4 Å². The van der Waals surface area contributed by atoms with Crippen molar-refractivity contribution in [3.8, 4) is 5.75 Å². The molecular weight excluding hydrogens is 332 g/mol. The van der Waals surface area contributed by atoms with Crippen LogP contribution < -0.4 is 4.74 Å². The van der Waals surface area contributed by atoms with Crippen molar-refractivity contribution in [3.05, 3.63) is 58.3 Å². The Balaban J connectivity index is 1.87. The van der Waals surface area contributed by atoms with Gasteiger partial charge >= 0.3 is 0 Å². The van der Waals surface area contributed by atoms with E-state index in [2.05, 4.69) is 26.1 Å². The molecule has 1 aromatic heterocycles. The lowest BCUT2D eigenvalue weighted by Crippen LogP contribution is -1.97. The van der Waals surface area contributed by atoms with E-state index in [1.54, 1.807) is 12.4 Å². The first kappa shape index (κ1) is 15.5. The Morgan fingerprint density at radius 2 is 2.00 bits per heavy atom. The van der Waals surface area contributed by atoms with Crippen LogP contribution in [0.4, 0.5) is 0 Å². The van der Waals surface area contributed by atoms with Crippen LogP contribution in [0.15, 0.2) is 52.4 Å². The van der Waals surface area contributed by atoms with Gasteiger partial charge in [-0.05, 0) is 59.5 Å². The van der Waals surface area contributed by atoms with E-state index in [0.717, 1.165) is 34.3 Å². The van der Waals surface area contributed by atoms with Gasteiger partial charge in [0.25, 0.3) is 0 Å². The molecule has 1 heterocycles. The monoisotopic (exact) mass is 348 g/mol. The quantitative estimate of drug-likeness (QED) is 0.483.